The molecule has 0 saturated heterocycles. The lowest BCUT2D eigenvalue weighted by molar-refractivity contribution is -0.359. The molecule has 0 aliphatic heterocycles. The van der Waals surface area contributed by atoms with Crippen LogP contribution in [0, 0.1) is 0 Å². The van der Waals surface area contributed by atoms with Crippen LogP contribution in [-0.4, -0.2) is 35.8 Å². The Hall–Kier alpha value is -1.56. The van der Waals surface area contributed by atoms with Gasteiger partial charge in [-0.2, -0.15) is 48.3 Å². The zero-order valence-corrected chi connectivity index (χ0v) is 9.26. The fourth-order valence-electron chi connectivity index (χ4n) is 0.829. The molecule has 2 nitrogen and oxygen atoms in total. The third kappa shape index (κ3) is 2.90. The van der Waals surface area contributed by atoms with Crippen LogP contribution in [0.5, 0.6) is 0 Å². The van der Waals surface area contributed by atoms with Gasteiger partial charge in [0, 0.05) is 0 Å². The first-order valence-electron chi connectivity index (χ1n) is 4.38. The second kappa shape index (κ2) is 5.02. The fourth-order valence-corrected chi connectivity index (χ4v) is 0.829. The number of alkyl halides is 11. The van der Waals surface area contributed by atoms with E-state index in [4.69, 9.17) is 0 Å². The Balaban J connectivity index is 5.86. The van der Waals surface area contributed by atoms with Gasteiger partial charge in [0.05, 0.1) is 6.26 Å². The Bertz CT molecular complexity index is 422. The molecular formula is C8H3F11O2. The molecule has 0 aliphatic rings. The number of hydrogen-bond acceptors (Lipinski definition) is 2. The van der Waals surface area contributed by atoms with Gasteiger partial charge in [-0.3, -0.25) is 4.79 Å². The van der Waals surface area contributed by atoms with Gasteiger partial charge in [0.15, 0.2) is 0 Å². The average molecular weight is 340 g/mol. The summed E-state index contributed by atoms with van der Waals surface area (Å²) in [4.78, 5) is 10.4. The van der Waals surface area contributed by atoms with Gasteiger partial charge in [0.1, 0.15) is 0 Å². The van der Waals surface area contributed by atoms with E-state index >= 15 is 0 Å². The molecule has 0 bridgehead atoms. The van der Waals surface area contributed by atoms with Crippen LogP contribution in [0.25, 0.3) is 0 Å². The molecule has 0 fully saturated rings. The van der Waals surface area contributed by atoms with Crippen LogP contribution < -0.4 is 0 Å². The van der Waals surface area contributed by atoms with Crippen LogP contribution in [0.4, 0.5) is 48.3 Å². The lowest BCUT2D eigenvalue weighted by atomic mass is 10.0. The number of halogens is 11. The van der Waals surface area contributed by atoms with Gasteiger partial charge in [-0.1, -0.05) is 6.58 Å². The zero-order valence-electron chi connectivity index (χ0n) is 9.26. The van der Waals surface area contributed by atoms with Crippen LogP contribution >= 0.6 is 0 Å². The maximum absolute atomic E-state index is 12.7. The van der Waals surface area contributed by atoms with Gasteiger partial charge in [0.25, 0.3) is 5.78 Å². The van der Waals surface area contributed by atoms with E-state index in [0.717, 1.165) is 0 Å². The largest absolute Gasteiger partial charge is 0.471 e. The van der Waals surface area contributed by atoms with Crippen LogP contribution in [0.2, 0.25) is 0 Å². The number of rotatable bonds is 6. The minimum absolute atomic E-state index is 0.457. The molecule has 0 amide bonds. The van der Waals surface area contributed by atoms with E-state index in [1.165, 1.54) is 0 Å². The Morgan fingerprint density at radius 3 is 1.48 bits per heavy atom. The first-order valence-corrected chi connectivity index (χ1v) is 4.38. The number of hydrogen-bond donors (Lipinski definition) is 0. The number of ketones is 1. The lowest BCUT2D eigenvalue weighted by Crippen LogP contribution is -2.63. The Kier molecular flexibility index (Phi) is 4.64. The Labute approximate surface area is 108 Å². The van der Waals surface area contributed by atoms with Crippen molar-refractivity contribution in [3.8, 4) is 0 Å². The molecule has 124 valence electrons. The quantitative estimate of drug-likeness (QED) is 0.543. The summed E-state index contributed by atoms with van der Waals surface area (Å²) in [7, 11) is 0. The van der Waals surface area contributed by atoms with Gasteiger partial charge in [-0.25, -0.2) is 0 Å². The Morgan fingerprint density at radius 1 is 0.810 bits per heavy atom. The maximum Gasteiger partial charge on any atom is 0.471 e. The molecule has 13 heteroatoms. The number of carbonyl (C=O) groups excluding carboxylic acids is 1. The van der Waals surface area contributed by atoms with Crippen LogP contribution in [0.3, 0.4) is 0 Å². The Morgan fingerprint density at radius 2 is 1.19 bits per heavy atom. The van der Waals surface area contributed by atoms with E-state index < -0.39 is 42.1 Å². The predicted octanol–water partition coefficient (Wildman–Crippen LogP) is 3.78. The SMILES string of the molecule is C=COC(F)(F)C(F)(F)C(=O)C(F)(F)C(F)(F)C(F)(F)F. The highest BCUT2D eigenvalue weighted by molar-refractivity contribution is 5.93. The zero-order chi connectivity index (χ0) is 17.5. The molecule has 0 heterocycles. The summed E-state index contributed by atoms with van der Waals surface area (Å²) < 4.78 is 138. The minimum Gasteiger partial charge on any atom is -0.436 e. The third-order valence-corrected chi connectivity index (χ3v) is 1.92. The molecule has 0 unspecified atom stereocenters. The second-order valence-corrected chi connectivity index (χ2v) is 3.35. The van der Waals surface area contributed by atoms with E-state index in [-0.39, 0.29) is 0 Å². The number of ether oxygens (including phenoxy) is 1. The predicted molar refractivity (Wildman–Crippen MR) is 42.1 cm³/mol. The summed E-state index contributed by atoms with van der Waals surface area (Å²) >= 11 is 0. The van der Waals surface area contributed by atoms with Crippen molar-refractivity contribution in [1.29, 1.82) is 0 Å². The highest BCUT2D eigenvalue weighted by Crippen LogP contribution is 2.51. The van der Waals surface area contributed by atoms with Crippen LogP contribution in [0.15, 0.2) is 12.8 Å². The van der Waals surface area contributed by atoms with Gasteiger partial charge in [-0.05, 0) is 0 Å². The second-order valence-electron chi connectivity index (χ2n) is 3.35. The molecule has 0 spiro atoms. The molecule has 21 heavy (non-hydrogen) atoms. The number of carbonyl (C=O) groups is 1. The molecule has 0 rings (SSSR count). The fraction of sp³-hybridized carbons (Fsp3) is 0.625. The normalized spacial score (nSPS) is 14.8. The van der Waals surface area contributed by atoms with Crippen molar-refractivity contribution in [2.24, 2.45) is 0 Å². The van der Waals surface area contributed by atoms with Crippen molar-refractivity contribution < 1.29 is 57.8 Å². The van der Waals surface area contributed by atoms with E-state index in [9.17, 15) is 53.1 Å². The smallest absolute Gasteiger partial charge is 0.436 e. The highest BCUT2D eigenvalue weighted by Gasteiger charge is 2.82. The summed E-state index contributed by atoms with van der Waals surface area (Å²) in [5.74, 6) is -25.8. The highest BCUT2D eigenvalue weighted by atomic mass is 19.4. The van der Waals surface area contributed by atoms with Gasteiger partial charge in [-0.15, -0.1) is 0 Å². The number of Topliss-reactive ketones (excluding diaryl/α,β-unsaturated/α-hetero) is 1. The average Bonchev–Trinajstić information content (AvgIpc) is 2.25. The maximum atomic E-state index is 12.7. The van der Waals surface area contributed by atoms with Crippen molar-refractivity contribution in [3.63, 3.8) is 0 Å². The first-order chi connectivity index (χ1) is 8.97. The monoisotopic (exact) mass is 340 g/mol. The van der Waals surface area contributed by atoms with Gasteiger partial charge < -0.3 is 4.74 Å². The van der Waals surface area contributed by atoms with Gasteiger partial charge in [0.2, 0.25) is 0 Å². The standard InChI is InChI=1S/C8H3F11O2/c1-2-21-8(18,19)5(11,12)3(20)4(9,10)6(13,14)7(15,16)17/h2H,1H2. The summed E-state index contributed by atoms with van der Waals surface area (Å²) in [6.07, 6.45) is -13.7. The molecule has 0 saturated carbocycles. The minimum atomic E-state index is -7.30. The summed E-state index contributed by atoms with van der Waals surface area (Å²) in [6.45, 7) is 2.31. The van der Waals surface area contributed by atoms with Crippen molar-refractivity contribution in [2.75, 3.05) is 0 Å². The molecule has 0 atom stereocenters. The molecule has 0 aromatic carbocycles. The van der Waals surface area contributed by atoms with Crippen LogP contribution in [-0.2, 0) is 9.53 Å². The molecule has 0 radical (unpaired) electrons. The molecule has 0 aromatic rings. The molecule has 0 aromatic heterocycles. The first kappa shape index (κ1) is 19.4. The van der Waals surface area contributed by atoms with Crippen LogP contribution in [0.1, 0.15) is 0 Å². The van der Waals surface area contributed by atoms with E-state index in [0.29, 0.717) is 0 Å². The topological polar surface area (TPSA) is 26.3 Å². The summed E-state index contributed by atoms with van der Waals surface area (Å²) in [5, 5.41) is 0. The van der Waals surface area contributed by atoms with E-state index in [1.807, 2.05) is 0 Å². The van der Waals surface area contributed by atoms with Crippen molar-refractivity contribution >= 4 is 5.78 Å². The molecule has 0 aliphatic carbocycles. The molecule has 0 N–H and O–H groups in total. The van der Waals surface area contributed by atoms with Crippen molar-refractivity contribution in [1.82, 2.24) is 0 Å². The lowest BCUT2D eigenvalue weighted by Gasteiger charge is -2.31. The van der Waals surface area contributed by atoms with Crippen molar-refractivity contribution in [2.45, 2.75) is 30.1 Å². The van der Waals surface area contributed by atoms with Crippen molar-refractivity contribution in [3.05, 3.63) is 12.8 Å². The van der Waals surface area contributed by atoms with Gasteiger partial charge >= 0.3 is 30.1 Å². The molecular weight excluding hydrogens is 337 g/mol. The van der Waals surface area contributed by atoms with E-state index in [1.54, 1.807) is 0 Å². The summed E-state index contributed by atoms with van der Waals surface area (Å²) in [6, 6.07) is 0. The summed E-state index contributed by atoms with van der Waals surface area (Å²) in [5.41, 5.74) is 0. The third-order valence-electron chi connectivity index (χ3n) is 1.92. The van der Waals surface area contributed by atoms with E-state index in [2.05, 4.69) is 11.3 Å².